The first-order valence-corrected chi connectivity index (χ1v) is 8.23. The maximum absolute atomic E-state index is 13.1. The molecule has 1 amide bonds. The summed E-state index contributed by atoms with van der Waals surface area (Å²) in [6.07, 6.45) is -1.07. The van der Waals surface area contributed by atoms with Crippen LogP contribution in [-0.2, 0) is 11.0 Å². The first-order valence-electron chi connectivity index (χ1n) is 8.23. The maximum atomic E-state index is 13.1. The summed E-state index contributed by atoms with van der Waals surface area (Å²) in [5.74, 6) is -0.0265. The van der Waals surface area contributed by atoms with Crippen molar-refractivity contribution in [1.82, 2.24) is 4.90 Å². The van der Waals surface area contributed by atoms with Crippen molar-refractivity contribution in [1.29, 1.82) is 0 Å². The lowest BCUT2D eigenvalue weighted by atomic mass is 9.92. The summed E-state index contributed by atoms with van der Waals surface area (Å²) >= 11 is 0. The van der Waals surface area contributed by atoms with Crippen LogP contribution in [0.5, 0.6) is 0 Å². The normalized spacial score (nSPS) is 20.9. The fraction of sp³-hybridized carbons (Fsp3) is 0.611. The Morgan fingerprint density at radius 1 is 1.30 bits per heavy atom. The fourth-order valence-electron chi connectivity index (χ4n) is 3.27. The largest absolute Gasteiger partial charge is 0.416 e. The van der Waals surface area contributed by atoms with Crippen molar-refractivity contribution in [2.24, 2.45) is 5.92 Å². The van der Waals surface area contributed by atoms with E-state index in [-0.39, 0.29) is 17.9 Å². The summed E-state index contributed by atoms with van der Waals surface area (Å²) in [6, 6.07) is 5.55. The summed E-state index contributed by atoms with van der Waals surface area (Å²) in [6.45, 7) is 5.25. The van der Waals surface area contributed by atoms with Crippen molar-refractivity contribution in [3.8, 4) is 0 Å². The van der Waals surface area contributed by atoms with Crippen LogP contribution < -0.4 is 0 Å². The van der Waals surface area contributed by atoms with Crippen LogP contribution in [-0.4, -0.2) is 23.9 Å². The molecule has 1 aromatic carbocycles. The molecule has 0 aliphatic carbocycles. The van der Waals surface area contributed by atoms with Crippen LogP contribution in [0.4, 0.5) is 13.2 Å². The summed E-state index contributed by atoms with van der Waals surface area (Å²) in [5.41, 5.74) is -0.430. The van der Waals surface area contributed by atoms with Crippen LogP contribution >= 0.6 is 0 Å². The monoisotopic (exact) mass is 327 g/mol. The Morgan fingerprint density at radius 2 is 2.00 bits per heavy atom. The number of likely N-dealkylation sites (tertiary alicyclic amines) is 1. The summed E-state index contributed by atoms with van der Waals surface area (Å²) in [7, 11) is 0. The minimum atomic E-state index is -4.38. The first kappa shape index (κ1) is 17.8. The summed E-state index contributed by atoms with van der Waals surface area (Å²) in [4.78, 5) is 14.3. The van der Waals surface area contributed by atoms with E-state index in [2.05, 4.69) is 6.92 Å². The van der Waals surface area contributed by atoms with Gasteiger partial charge in [-0.3, -0.25) is 4.79 Å². The Labute approximate surface area is 135 Å². The minimum Gasteiger partial charge on any atom is -0.342 e. The molecule has 0 spiro atoms. The molecule has 2 nitrogen and oxygen atoms in total. The van der Waals surface area contributed by atoms with Crippen LogP contribution in [0.2, 0.25) is 0 Å². The van der Waals surface area contributed by atoms with Crippen molar-refractivity contribution < 1.29 is 18.0 Å². The first-order chi connectivity index (χ1) is 10.8. The highest BCUT2D eigenvalue weighted by Crippen LogP contribution is 2.36. The molecule has 1 saturated heterocycles. The number of nitrogens with zero attached hydrogens (tertiary/aromatic N) is 1. The molecule has 1 aromatic rings. The number of benzene rings is 1. The zero-order chi connectivity index (χ0) is 17.0. The Bertz CT molecular complexity index is 541. The van der Waals surface area contributed by atoms with E-state index < -0.39 is 17.7 Å². The third-order valence-corrected chi connectivity index (χ3v) is 4.54. The van der Waals surface area contributed by atoms with Gasteiger partial charge in [0, 0.05) is 19.5 Å². The van der Waals surface area contributed by atoms with E-state index in [1.807, 2.05) is 4.90 Å². The van der Waals surface area contributed by atoms with Crippen molar-refractivity contribution in [2.45, 2.75) is 51.6 Å². The highest BCUT2D eigenvalue weighted by atomic mass is 19.4. The zero-order valence-corrected chi connectivity index (χ0v) is 13.7. The Hall–Kier alpha value is -1.52. The molecule has 0 saturated carbocycles. The van der Waals surface area contributed by atoms with Crippen molar-refractivity contribution >= 4 is 5.91 Å². The van der Waals surface area contributed by atoms with Crippen molar-refractivity contribution in [3.63, 3.8) is 0 Å². The van der Waals surface area contributed by atoms with Gasteiger partial charge in [-0.1, -0.05) is 38.5 Å². The molecular formula is C18H24F3NO. The van der Waals surface area contributed by atoms with E-state index in [1.165, 1.54) is 12.1 Å². The molecule has 2 rings (SSSR count). The summed E-state index contributed by atoms with van der Waals surface area (Å²) < 4.78 is 39.3. The van der Waals surface area contributed by atoms with Gasteiger partial charge in [-0.25, -0.2) is 0 Å². The molecule has 1 aliphatic rings. The lowest BCUT2D eigenvalue weighted by Crippen LogP contribution is -2.34. The van der Waals surface area contributed by atoms with E-state index >= 15 is 0 Å². The van der Waals surface area contributed by atoms with E-state index in [0.717, 1.165) is 31.9 Å². The second kappa shape index (κ2) is 7.37. The van der Waals surface area contributed by atoms with Gasteiger partial charge in [-0.2, -0.15) is 13.2 Å². The molecule has 0 aromatic heterocycles. The van der Waals surface area contributed by atoms with Gasteiger partial charge in [0.05, 0.1) is 5.56 Å². The molecule has 0 N–H and O–H groups in total. The number of amides is 1. The Balaban J connectivity index is 2.10. The Kier molecular flexibility index (Phi) is 5.71. The van der Waals surface area contributed by atoms with Crippen LogP contribution in [0, 0.1) is 5.92 Å². The van der Waals surface area contributed by atoms with Gasteiger partial charge in [0.1, 0.15) is 0 Å². The molecule has 5 heteroatoms. The maximum Gasteiger partial charge on any atom is 0.416 e. The molecule has 1 aliphatic heterocycles. The van der Waals surface area contributed by atoms with Crippen molar-refractivity contribution in [2.75, 3.05) is 13.1 Å². The van der Waals surface area contributed by atoms with Gasteiger partial charge in [-0.15, -0.1) is 0 Å². The van der Waals surface area contributed by atoms with Gasteiger partial charge in [0.2, 0.25) is 5.91 Å². The molecule has 2 atom stereocenters. The standard InChI is InChI=1S/C18H24F3NO/c1-13-7-5-6-10-22(12-13)17(23)11-14(2)15-8-3-4-9-16(15)18(19,20)21/h3-4,8-9,13-14H,5-7,10-12H2,1-2H3/t13-,14+/m0/s1. The van der Waals surface area contributed by atoms with Crippen molar-refractivity contribution in [3.05, 3.63) is 35.4 Å². The number of alkyl halides is 3. The Morgan fingerprint density at radius 3 is 2.70 bits per heavy atom. The molecule has 0 unspecified atom stereocenters. The lowest BCUT2D eigenvalue weighted by molar-refractivity contribution is -0.139. The number of hydrogen-bond donors (Lipinski definition) is 0. The average Bonchev–Trinajstić information content (AvgIpc) is 2.71. The van der Waals surface area contributed by atoms with E-state index in [4.69, 9.17) is 0 Å². The summed E-state index contributed by atoms with van der Waals surface area (Å²) in [5, 5.41) is 0. The minimum absolute atomic E-state index is 0.0387. The highest BCUT2D eigenvalue weighted by molar-refractivity contribution is 5.77. The number of carbonyl (C=O) groups excluding carboxylic acids is 1. The second-order valence-corrected chi connectivity index (χ2v) is 6.63. The molecule has 128 valence electrons. The molecule has 1 heterocycles. The fourth-order valence-corrected chi connectivity index (χ4v) is 3.27. The molecule has 1 fully saturated rings. The van der Waals surface area contributed by atoms with Crippen LogP contribution in [0.15, 0.2) is 24.3 Å². The van der Waals surface area contributed by atoms with Gasteiger partial charge in [-0.05, 0) is 36.3 Å². The van der Waals surface area contributed by atoms with Crippen LogP contribution in [0.25, 0.3) is 0 Å². The van der Waals surface area contributed by atoms with E-state index in [9.17, 15) is 18.0 Å². The van der Waals surface area contributed by atoms with Crippen LogP contribution in [0.3, 0.4) is 0 Å². The number of halogens is 3. The second-order valence-electron chi connectivity index (χ2n) is 6.63. The quantitative estimate of drug-likeness (QED) is 0.777. The predicted molar refractivity (Wildman–Crippen MR) is 84.1 cm³/mol. The zero-order valence-electron chi connectivity index (χ0n) is 13.7. The van der Waals surface area contributed by atoms with Gasteiger partial charge in [0.25, 0.3) is 0 Å². The smallest absolute Gasteiger partial charge is 0.342 e. The number of carbonyl (C=O) groups is 1. The third kappa shape index (κ3) is 4.72. The average molecular weight is 327 g/mol. The highest BCUT2D eigenvalue weighted by Gasteiger charge is 2.34. The SMILES string of the molecule is C[C@H]1CCCCN(C(=O)C[C@@H](C)c2ccccc2C(F)(F)F)C1. The van der Waals surface area contributed by atoms with Gasteiger partial charge >= 0.3 is 6.18 Å². The van der Waals surface area contributed by atoms with E-state index in [0.29, 0.717) is 12.5 Å². The molecule has 0 radical (unpaired) electrons. The van der Waals surface area contributed by atoms with Gasteiger partial charge in [0.15, 0.2) is 0 Å². The molecule has 23 heavy (non-hydrogen) atoms. The number of rotatable bonds is 3. The number of hydrogen-bond acceptors (Lipinski definition) is 1. The molecular weight excluding hydrogens is 303 g/mol. The van der Waals surface area contributed by atoms with Gasteiger partial charge < -0.3 is 4.90 Å². The predicted octanol–water partition coefficient (Wildman–Crippen LogP) is 4.85. The molecule has 0 bridgehead atoms. The lowest BCUT2D eigenvalue weighted by Gasteiger charge is -2.25. The van der Waals surface area contributed by atoms with Crippen LogP contribution in [0.1, 0.15) is 56.6 Å². The third-order valence-electron chi connectivity index (χ3n) is 4.54. The van der Waals surface area contributed by atoms with E-state index in [1.54, 1.807) is 13.0 Å². The topological polar surface area (TPSA) is 20.3 Å².